The molecule has 3 heteroatoms. The van der Waals surface area contributed by atoms with Crippen molar-refractivity contribution in [1.29, 1.82) is 0 Å². The number of rotatable bonds is 3. The van der Waals surface area contributed by atoms with E-state index in [4.69, 9.17) is 5.11 Å². The summed E-state index contributed by atoms with van der Waals surface area (Å²) >= 11 is 0. The van der Waals surface area contributed by atoms with Gasteiger partial charge in [-0.15, -0.1) is 0 Å². The van der Waals surface area contributed by atoms with E-state index in [0.29, 0.717) is 5.56 Å². The van der Waals surface area contributed by atoms with Crippen LogP contribution in [0, 0.1) is 0 Å². The number of carbonyl (C=O) groups is 1. The first kappa shape index (κ1) is 11.2. The number of benzene rings is 1. The first-order chi connectivity index (χ1) is 8.16. The molecule has 1 heterocycles. The van der Waals surface area contributed by atoms with Gasteiger partial charge in [-0.1, -0.05) is 18.2 Å². The Morgan fingerprint density at radius 2 is 1.88 bits per heavy atom. The predicted octanol–water partition coefficient (Wildman–Crippen LogP) is 2.89. The second-order valence-corrected chi connectivity index (χ2v) is 3.80. The fourth-order valence-electron chi connectivity index (χ4n) is 1.57. The van der Waals surface area contributed by atoms with Crippen LogP contribution in [0.5, 0.6) is 0 Å². The highest BCUT2D eigenvalue weighted by molar-refractivity contribution is 5.88. The molecule has 1 aromatic heterocycles. The van der Waals surface area contributed by atoms with Crippen LogP contribution in [-0.2, 0) is 7.05 Å². The molecule has 1 aromatic carbocycles. The van der Waals surface area contributed by atoms with Crippen molar-refractivity contribution in [2.75, 3.05) is 0 Å². The highest BCUT2D eigenvalue weighted by atomic mass is 16.4. The Hall–Kier alpha value is -2.29. The normalized spacial score (nSPS) is 10.9. The first-order valence-electron chi connectivity index (χ1n) is 5.29. The van der Waals surface area contributed by atoms with Crippen LogP contribution in [0.2, 0.25) is 0 Å². The largest absolute Gasteiger partial charge is 0.478 e. The molecule has 0 saturated carbocycles. The van der Waals surface area contributed by atoms with Crippen molar-refractivity contribution >= 4 is 18.1 Å². The van der Waals surface area contributed by atoms with Gasteiger partial charge < -0.3 is 9.67 Å². The average molecular weight is 227 g/mol. The van der Waals surface area contributed by atoms with E-state index in [1.807, 2.05) is 42.1 Å². The van der Waals surface area contributed by atoms with E-state index in [1.54, 1.807) is 24.3 Å². The molecule has 0 bridgehead atoms. The van der Waals surface area contributed by atoms with Crippen molar-refractivity contribution in [3.63, 3.8) is 0 Å². The number of carboxylic acids is 1. The molecule has 0 amide bonds. The molecule has 0 aliphatic heterocycles. The maximum absolute atomic E-state index is 10.7. The van der Waals surface area contributed by atoms with Crippen molar-refractivity contribution in [2.45, 2.75) is 0 Å². The minimum Gasteiger partial charge on any atom is -0.478 e. The summed E-state index contributed by atoms with van der Waals surface area (Å²) in [4.78, 5) is 10.7. The van der Waals surface area contributed by atoms with Crippen molar-refractivity contribution in [3.05, 3.63) is 59.4 Å². The number of aromatic nitrogens is 1. The van der Waals surface area contributed by atoms with Crippen molar-refractivity contribution in [1.82, 2.24) is 4.57 Å². The molecule has 2 rings (SSSR count). The number of hydrogen-bond donors (Lipinski definition) is 1. The van der Waals surface area contributed by atoms with E-state index < -0.39 is 5.97 Å². The van der Waals surface area contributed by atoms with Gasteiger partial charge in [0.05, 0.1) is 5.56 Å². The summed E-state index contributed by atoms with van der Waals surface area (Å²) < 4.78 is 2.02. The SMILES string of the molecule is Cn1cccc1C=Cc1ccc(C(=O)O)cc1. The third-order valence-corrected chi connectivity index (χ3v) is 2.59. The Morgan fingerprint density at radius 3 is 2.41 bits per heavy atom. The predicted molar refractivity (Wildman–Crippen MR) is 67.7 cm³/mol. The Bertz CT molecular complexity index is 550. The highest BCUT2D eigenvalue weighted by Gasteiger charge is 2.00. The molecule has 0 aliphatic rings. The molecular weight excluding hydrogens is 214 g/mol. The van der Waals surface area contributed by atoms with Gasteiger partial charge >= 0.3 is 5.97 Å². The number of carboxylic acid groups (broad SMARTS) is 1. The fourth-order valence-corrected chi connectivity index (χ4v) is 1.57. The smallest absolute Gasteiger partial charge is 0.335 e. The first-order valence-corrected chi connectivity index (χ1v) is 5.29. The van der Waals surface area contributed by atoms with E-state index in [1.165, 1.54) is 0 Å². The topological polar surface area (TPSA) is 42.2 Å². The number of aromatic carboxylic acids is 1. The van der Waals surface area contributed by atoms with Crippen LogP contribution in [0.25, 0.3) is 12.2 Å². The van der Waals surface area contributed by atoms with Gasteiger partial charge in [-0.3, -0.25) is 0 Å². The average Bonchev–Trinajstić information content (AvgIpc) is 2.73. The minimum absolute atomic E-state index is 0.306. The Balaban J connectivity index is 2.17. The van der Waals surface area contributed by atoms with Gasteiger partial charge in [0.2, 0.25) is 0 Å². The molecule has 0 aliphatic carbocycles. The van der Waals surface area contributed by atoms with Gasteiger partial charge in [0.25, 0.3) is 0 Å². The van der Waals surface area contributed by atoms with Crippen molar-refractivity contribution < 1.29 is 9.90 Å². The molecule has 0 atom stereocenters. The quantitative estimate of drug-likeness (QED) is 0.876. The summed E-state index contributed by atoms with van der Waals surface area (Å²) in [5.74, 6) is -0.900. The van der Waals surface area contributed by atoms with Crippen molar-refractivity contribution in [3.8, 4) is 0 Å². The molecule has 0 saturated heterocycles. The van der Waals surface area contributed by atoms with Crippen molar-refractivity contribution in [2.24, 2.45) is 7.05 Å². The second kappa shape index (κ2) is 4.70. The van der Waals surface area contributed by atoms with E-state index in [2.05, 4.69) is 0 Å². The molecule has 86 valence electrons. The van der Waals surface area contributed by atoms with Crippen LogP contribution in [-0.4, -0.2) is 15.6 Å². The maximum Gasteiger partial charge on any atom is 0.335 e. The van der Waals surface area contributed by atoms with Gasteiger partial charge in [0.15, 0.2) is 0 Å². The number of hydrogen-bond acceptors (Lipinski definition) is 1. The van der Waals surface area contributed by atoms with E-state index >= 15 is 0 Å². The lowest BCUT2D eigenvalue weighted by molar-refractivity contribution is 0.0697. The minimum atomic E-state index is -0.900. The van der Waals surface area contributed by atoms with Crippen LogP contribution >= 0.6 is 0 Å². The zero-order chi connectivity index (χ0) is 12.3. The second-order valence-electron chi connectivity index (χ2n) is 3.80. The molecule has 3 nitrogen and oxygen atoms in total. The number of aryl methyl sites for hydroxylation is 1. The van der Waals surface area contributed by atoms with Gasteiger partial charge in [0.1, 0.15) is 0 Å². The van der Waals surface area contributed by atoms with Crippen LogP contribution in [0.15, 0.2) is 42.6 Å². The maximum atomic E-state index is 10.7. The van der Waals surface area contributed by atoms with Gasteiger partial charge in [-0.2, -0.15) is 0 Å². The third kappa shape index (κ3) is 2.64. The molecule has 1 N–H and O–H groups in total. The molecule has 0 spiro atoms. The molecule has 0 unspecified atom stereocenters. The molecule has 2 aromatic rings. The Labute approximate surface area is 99.6 Å². The highest BCUT2D eigenvalue weighted by Crippen LogP contribution is 2.09. The van der Waals surface area contributed by atoms with Crippen LogP contribution in [0.4, 0.5) is 0 Å². The Morgan fingerprint density at radius 1 is 1.18 bits per heavy atom. The standard InChI is InChI=1S/C14H13NO2/c1-15-10-2-3-13(15)9-6-11-4-7-12(8-5-11)14(16)17/h2-10H,1H3,(H,16,17). The van der Waals surface area contributed by atoms with Gasteiger partial charge in [0, 0.05) is 18.9 Å². The molecule has 0 fully saturated rings. The van der Waals surface area contributed by atoms with E-state index in [-0.39, 0.29) is 0 Å². The van der Waals surface area contributed by atoms with Gasteiger partial charge in [-0.25, -0.2) is 4.79 Å². The fraction of sp³-hybridized carbons (Fsp3) is 0.0714. The summed E-state index contributed by atoms with van der Waals surface area (Å²) in [7, 11) is 1.98. The van der Waals surface area contributed by atoms with Gasteiger partial charge in [-0.05, 0) is 35.9 Å². The summed E-state index contributed by atoms with van der Waals surface area (Å²) in [6.07, 6.45) is 5.93. The zero-order valence-electron chi connectivity index (χ0n) is 9.50. The summed E-state index contributed by atoms with van der Waals surface area (Å²) in [5.41, 5.74) is 2.39. The van der Waals surface area contributed by atoms with E-state index in [9.17, 15) is 4.79 Å². The Kier molecular flexibility index (Phi) is 3.10. The lowest BCUT2D eigenvalue weighted by Gasteiger charge is -1.97. The van der Waals surface area contributed by atoms with Crippen LogP contribution in [0.1, 0.15) is 21.6 Å². The summed E-state index contributed by atoms with van der Waals surface area (Å²) in [5, 5.41) is 8.77. The van der Waals surface area contributed by atoms with Crippen LogP contribution < -0.4 is 0 Å². The zero-order valence-corrected chi connectivity index (χ0v) is 9.50. The lowest BCUT2D eigenvalue weighted by Crippen LogP contribution is -1.94. The number of nitrogens with zero attached hydrogens (tertiary/aromatic N) is 1. The summed E-state index contributed by atoms with van der Waals surface area (Å²) in [6.45, 7) is 0. The van der Waals surface area contributed by atoms with E-state index in [0.717, 1.165) is 11.3 Å². The lowest BCUT2D eigenvalue weighted by atomic mass is 10.1. The third-order valence-electron chi connectivity index (χ3n) is 2.59. The summed E-state index contributed by atoms with van der Waals surface area (Å²) in [6, 6.07) is 10.8. The molecular formula is C14H13NO2. The molecule has 17 heavy (non-hydrogen) atoms. The van der Waals surface area contributed by atoms with Crippen LogP contribution in [0.3, 0.4) is 0 Å². The molecule has 0 radical (unpaired) electrons. The monoisotopic (exact) mass is 227 g/mol.